The highest BCUT2D eigenvalue weighted by atomic mass is 32.2. The van der Waals surface area contributed by atoms with Gasteiger partial charge in [-0.25, -0.2) is 8.42 Å². The normalized spacial score (nSPS) is 11.7. The second-order valence-electron chi connectivity index (χ2n) is 12.2. The van der Waals surface area contributed by atoms with E-state index in [9.17, 15) is 13.0 Å². The van der Waals surface area contributed by atoms with E-state index in [1.807, 2.05) is 0 Å². The molecule has 5 heteroatoms. The molecule has 42 heavy (non-hydrogen) atoms. The summed E-state index contributed by atoms with van der Waals surface area (Å²) >= 11 is 0. The molecule has 0 bridgehead atoms. The van der Waals surface area contributed by atoms with Crippen molar-refractivity contribution in [3.8, 4) is 0 Å². The van der Waals surface area contributed by atoms with Crippen molar-refractivity contribution >= 4 is 10.1 Å². The summed E-state index contributed by atoms with van der Waals surface area (Å²) in [6.07, 6.45) is 21.2. The van der Waals surface area contributed by atoms with E-state index in [0.717, 1.165) is 12.8 Å². The lowest BCUT2D eigenvalue weighted by atomic mass is 10.0. The van der Waals surface area contributed by atoms with Gasteiger partial charge in [-0.1, -0.05) is 153 Å². The highest BCUT2D eigenvalue weighted by Gasteiger charge is 2.26. The number of hydrogen-bond donors (Lipinski definition) is 0. The van der Waals surface area contributed by atoms with Crippen LogP contribution in [0.5, 0.6) is 0 Å². The molecule has 0 aliphatic carbocycles. The zero-order valence-electron chi connectivity index (χ0n) is 27.6. The van der Waals surface area contributed by atoms with Crippen molar-refractivity contribution < 1.29 is 17.5 Å². The minimum absolute atomic E-state index is 0.0501. The molecule has 0 N–H and O–H groups in total. The molecular formula is C37H63NO3S. The maximum Gasteiger partial charge on any atom is 0.124 e. The van der Waals surface area contributed by atoms with Gasteiger partial charge in [0, 0.05) is 5.56 Å². The van der Waals surface area contributed by atoms with Crippen molar-refractivity contribution in [3.05, 3.63) is 65.7 Å². The van der Waals surface area contributed by atoms with Gasteiger partial charge in [-0.3, -0.25) is 0 Å². The fraction of sp³-hybridized carbons (Fsp3) is 0.676. The topological polar surface area (TPSA) is 57.2 Å². The fourth-order valence-electron chi connectivity index (χ4n) is 5.78. The maximum absolute atomic E-state index is 11.2. The van der Waals surface area contributed by atoms with Crippen LogP contribution in [-0.4, -0.2) is 37.1 Å². The molecule has 0 saturated heterocycles. The lowest BCUT2D eigenvalue weighted by Gasteiger charge is -2.39. The molecule has 0 atom stereocenters. The van der Waals surface area contributed by atoms with Gasteiger partial charge in [-0.2, -0.15) is 0 Å². The second-order valence-corrected chi connectivity index (χ2v) is 13.6. The summed E-state index contributed by atoms with van der Waals surface area (Å²) in [5, 5.41) is 0. The Kier molecular flexibility index (Phi) is 21.7. The quantitative estimate of drug-likeness (QED) is 0.0723. The van der Waals surface area contributed by atoms with Crippen molar-refractivity contribution in [2.24, 2.45) is 0 Å². The number of rotatable bonds is 23. The summed E-state index contributed by atoms with van der Waals surface area (Å²) in [4.78, 5) is -0.0501. The van der Waals surface area contributed by atoms with E-state index in [1.165, 1.54) is 132 Å². The first-order valence-corrected chi connectivity index (χ1v) is 18.7. The van der Waals surface area contributed by atoms with Crippen molar-refractivity contribution in [3.63, 3.8) is 0 Å². The van der Waals surface area contributed by atoms with Gasteiger partial charge in [0.15, 0.2) is 0 Å². The minimum atomic E-state index is -4.35. The Labute approximate surface area is 260 Å². The van der Waals surface area contributed by atoms with Crippen molar-refractivity contribution in [2.45, 2.75) is 148 Å². The molecule has 0 unspecified atom stereocenters. The summed E-state index contributed by atoms with van der Waals surface area (Å²) in [6.45, 7) is 14.5. The van der Waals surface area contributed by atoms with E-state index in [4.69, 9.17) is 0 Å². The average Bonchev–Trinajstić information content (AvgIpc) is 2.99. The van der Waals surface area contributed by atoms with Gasteiger partial charge in [0.1, 0.15) is 16.7 Å². The second kappa shape index (κ2) is 23.7. The third kappa shape index (κ3) is 17.4. The number of hydrogen-bond acceptors (Lipinski definition) is 3. The molecule has 0 aliphatic rings. The summed E-state index contributed by atoms with van der Waals surface area (Å²) < 4.78 is 34.8. The monoisotopic (exact) mass is 601 g/mol. The van der Waals surface area contributed by atoms with Gasteiger partial charge in [0.2, 0.25) is 0 Å². The van der Waals surface area contributed by atoms with E-state index in [1.54, 1.807) is 18.2 Å². The van der Waals surface area contributed by atoms with Crippen LogP contribution in [0.15, 0.2) is 59.5 Å². The first-order chi connectivity index (χ1) is 20.3. The molecule has 0 aliphatic heterocycles. The largest absolute Gasteiger partial charge is 0.744 e. The summed E-state index contributed by atoms with van der Waals surface area (Å²) in [5.74, 6) is 0. The molecule has 240 valence electrons. The van der Waals surface area contributed by atoms with Gasteiger partial charge >= 0.3 is 0 Å². The number of quaternary nitrogens is 1. The number of nitrogens with zero attached hydrogens (tertiary/aromatic N) is 1. The van der Waals surface area contributed by atoms with Gasteiger partial charge in [0.25, 0.3) is 0 Å². The van der Waals surface area contributed by atoms with Crippen molar-refractivity contribution in [1.82, 2.24) is 0 Å². The molecule has 0 aromatic heterocycles. The first-order valence-electron chi connectivity index (χ1n) is 17.2. The number of benzene rings is 2. The molecule has 2 aromatic rings. The van der Waals surface area contributed by atoms with Crippen LogP contribution in [0.4, 0.5) is 0 Å². The lowest BCUT2D eigenvalue weighted by molar-refractivity contribution is -0.941. The molecule has 0 fully saturated rings. The molecule has 2 rings (SSSR count). The summed E-state index contributed by atoms with van der Waals surface area (Å²) in [5.41, 5.74) is 2.17. The van der Waals surface area contributed by atoms with E-state index >= 15 is 0 Å². The van der Waals surface area contributed by atoms with Gasteiger partial charge in [-0.05, 0) is 43.7 Å². The van der Waals surface area contributed by atoms with E-state index in [0.29, 0.717) is 12.0 Å². The van der Waals surface area contributed by atoms with Crippen LogP contribution in [0, 0.1) is 0 Å². The lowest BCUT2D eigenvalue weighted by Crippen LogP contribution is -2.49. The van der Waals surface area contributed by atoms with Crippen LogP contribution < -0.4 is 0 Å². The molecule has 0 spiro atoms. The van der Waals surface area contributed by atoms with Crippen LogP contribution in [0.2, 0.25) is 0 Å². The Morgan fingerprint density at radius 1 is 0.548 bits per heavy atom. The van der Waals surface area contributed by atoms with Crippen LogP contribution in [0.1, 0.15) is 142 Å². The molecule has 4 nitrogen and oxygen atoms in total. The molecule has 0 amide bonds. The van der Waals surface area contributed by atoms with Gasteiger partial charge in [-0.15, -0.1) is 0 Å². The third-order valence-electron chi connectivity index (χ3n) is 8.36. The molecule has 0 saturated carbocycles. The molecule has 0 radical (unpaired) electrons. The SMILES string of the molecule is CCCCCCCCCCCCc1ccccc1S(=O)(=O)[O-].CCCC[N+](CCCC)(CCCC)Cc1ccccc1. The predicted molar refractivity (Wildman–Crippen MR) is 180 cm³/mol. The highest BCUT2D eigenvalue weighted by molar-refractivity contribution is 7.85. The van der Waals surface area contributed by atoms with Gasteiger partial charge in [0.05, 0.1) is 24.5 Å². The highest BCUT2D eigenvalue weighted by Crippen LogP contribution is 2.20. The van der Waals surface area contributed by atoms with Crippen molar-refractivity contribution in [1.29, 1.82) is 0 Å². The number of aryl methyl sites for hydroxylation is 1. The zero-order chi connectivity index (χ0) is 30.9. The fourth-order valence-corrected chi connectivity index (χ4v) is 6.52. The minimum Gasteiger partial charge on any atom is -0.744 e. The molecule has 2 aromatic carbocycles. The number of unbranched alkanes of at least 4 members (excludes halogenated alkanes) is 12. The Balaban J connectivity index is 0.000000422. The third-order valence-corrected chi connectivity index (χ3v) is 9.30. The smallest absolute Gasteiger partial charge is 0.124 e. The molecule has 0 heterocycles. The Morgan fingerprint density at radius 2 is 0.976 bits per heavy atom. The Morgan fingerprint density at radius 3 is 1.45 bits per heavy atom. The Bertz CT molecular complexity index is 985. The average molecular weight is 602 g/mol. The summed E-state index contributed by atoms with van der Waals surface area (Å²) in [7, 11) is -4.35. The first kappa shape index (κ1) is 38.3. The van der Waals surface area contributed by atoms with E-state index < -0.39 is 10.1 Å². The standard InChI is InChI=1S/C19H34N.C18H30O3S/c1-4-7-15-20(16-8-5-2,17-9-6-3)18-19-13-11-10-12-14-19;1-2-3-4-5-6-7-8-9-10-11-14-17-15-12-13-16-18(17)22(19,20)21/h10-14H,4-9,15-18H2,1-3H3;12-13,15-16H,2-11,14H2,1H3,(H,19,20,21)/q+1;/p-1. The van der Waals surface area contributed by atoms with Gasteiger partial charge < -0.3 is 9.04 Å². The van der Waals surface area contributed by atoms with E-state index in [2.05, 4.69) is 58.0 Å². The van der Waals surface area contributed by atoms with Crippen LogP contribution in [0.25, 0.3) is 0 Å². The molecular weight excluding hydrogens is 538 g/mol. The predicted octanol–water partition coefficient (Wildman–Crippen LogP) is 10.5. The van der Waals surface area contributed by atoms with Crippen LogP contribution in [0.3, 0.4) is 0 Å². The zero-order valence-corrected chi connectivity index (χ0v) is 28.4. The maximum atomic E-state index is 11.2. The van der Waals surface area contributed by atoms with Crippen LogP contribution >= 0.6 is 0 Å². The van der Waals surface area contributed by atoms with Crippen molar-refractivity contribution in [2.75, 3.05) is 19.6 Å². The summed E-state index contributed by atoms with van der Waals surface area (Å²) in [6, 6.07) is 17.7. The van der Waals surface area contributed by atoms with Crippen LogP contribution in [-0.2, 0) is 23.1 Å². The van der Waals surface area contributed by atoms with E-state index in [-0.39, 0.29) is 4.90 Å². The Hall–Kier alpha value is -1.69.